The highest BCUT2D eigenvalue weighted by Crippen LogP contribution is 2.42. The van der Waals surface area contributed by atoms with Gasteiger partial charge in [0.2, 0.25) is 0 Å². The molecule has 1 aliphatic rings. The van der Waals surface area contributed by atoms with Crippen LogP contribution >= 0.6 is 11.6 Å². The lowest BCUT2D eigenvalue weighted by Gasteiger charge is -2.44. The summed E-state index contributed by atoms with van der Waals surface area (Å²) in [4.78, 5) is 39.3. The summed E-state index contributed by atoms with van der Waals surface area (Å²) in [5.74, 6) is -1.41. The Morgan fingerprint density at radius 1 is 1.15 bits per heavy atom. The Morgan fingerprint density at radius 2 is 1.82 bits per heavy atom. The number of carbonyl (C=O) groups excluding carboxylic acids is 3. The maximum atomic E-state index is 13.6. The number of amides is 1. The van der Waals surface area contributed by atoms with Crippen molar-refractivity contribution in [3.8, 4) is 5.75 Å². The van der Waals surface area contributed by atoms with Crippen LogP contribution in [0.25, 0.3) is 0 Å². The average Bonchev–Trinajstić information content (AvgIpc) is 2.71. The minimum absolute atomic E-state index is 0.0289. The first-order chi connectivity index (χ1) is 15.4. The Labute approximate surface area is 196 Å². The van der Waals surface area contributed by atoms with Crippen molar-refractivity contribution in [2.24, 2.45) is 0 Å². The number of halogens is 2. The first-order valence-electron chi connectivity index (χ1n) is 10.3. The maximum absolute atomic E-state index is 13.6. The number of ketones is 1. The second-order valence-corrected chi connectivity index (χ2v) is 9.15. The molecule has 176 valence electrons. The van der Waals surface area contributed by atoms with Gasteiger partial charge in [-0.15, -0.1) is 0 Å². The van der Waals surface area contributed by atoms with Crippen LogP contribution in [-0.2, 0) is 9.53 Å². The third kappa shape index (κ3) is 5.51. The molecule has 0 fully saturated rings. The molecule has 0 spiro atoms. The van der Waals surface area contributed by atoms with E-state index in [0.29, 0.717) is 16.9 Å². The fourth-order valence-electron chi connectivity index (χ4n) is 3.67. The van der Waals surface area contributed by atoms with Crippen LogP contribution in [0.4, 0.5) is 4.39 Å². The SMILES string of the molecule is CC(=O)c1ccc2c(c1)[C@H](NC(=O)c1ccc(F)c(Cl)c1)[C@H](OC(=O)CN(C)C)C(C)(C)O2. The second-order valence-electron chi connectivity index (χ2n) is 8.74. The molecule has 2 atom stereocenters. The molecule has 0 saturated heterocycles. The molecule has 2 aromatic rings. The van der Waals surface area contributed by atoms with Crippen molar-refractivity contribution in [2.75, 3.05) is 20.6 Å². The van der Waals surface area contributed by atoms with E-state index in [4.69, 9.17) is 21.1 Å². The van der Waals surface area contributed by atoms with Crippen LogP contribution in [0.5, 0.6) is 5.75 Å². The molecular weight excluding hydrogens is 451 g/mol. The van der Waals surface area contributed by atoms with Crippen LogP contribution in [0.15, 0.2) is 36.4 Å². The molecule has 1 amide bonds. The number of esters is 1. The monoisotopic (exact) mass is 476 g/mol. The Morgan fingerprint density at radius 3 is 2.42 bits per heavy atom. The summed E-state index contributed by atoms with van der Waals surface area (Å²) in [7, 11) is 3.46. The largest absolute Gasteiger partial charge is 0.484 e. The van der Waals surface area contributed by atoms with Gasteiger partial charge in [-0.25, -0.2) is 4.39 Å². The highest BCUT2D eigenvalue weighted by molar-refractivity contribution is 6.31. The van der Waals surface area contributed by atoms with Gasteiger partial charge >= 0.3 is 5.97 Å². The Bertz CT molecular complexity index is 1100. The topological polar surface area (TPSA) is 84.9 Å². The van der Waals surface area contributed by atoms with Gasteiger partial charge in [-0.1, -0.05) is 11.6 Å². The van der Waals surface area contributed by atoms with Gasteiger partial charge in [0.05, 0.1) is 17.6 Å². The van der Waals surface area contributed by atoms with Gasteiger partial charge in [0.25, 0.3) is 5.91 Å². The van der Waals surface area contributed by atoms with Gasteiger partial charge < -0.3 is 14.8 Å². The molecule has 2 aromatic carbocycles. The van der Waals surface area contributed by atoms with Gasteiger partial charge in [0, 0.05) is 16.7 Å². The third-order valence-electron chi connectivity index (χ3n) is 5.28. The number of rotatable bonds is 6. The van der Waals surface area contributed by atoms with E-state index in [-0.39, 0.29) is 22.9 Å². The third-order valence-corrected chi connectivity index (χ3v) is 5.57. The van der Waals surface area contributed by atoms with Crippen LogP contribution in [0.2, 0.25) is 5.02 Å². The number of hydrogen-bond donors (Lipinski definition) is 1. The summed E-state index contributed by atoms with van der Waals surface area (Å²) >= 11 is 5.84. The lowest BCUT2D eigenvalue weighted by Crippen LogP contribution is -2.56. The van der Waals surface area contributed by atoms with Crippen molar-refractivity contribution in [2.45, 2.75) is 38.5 Å². The Kier molecular flexibility index (Phi) is 7.09. The minimum Gasteiger partial charge on any atom is -0.484 e. The van der Waals surface area contributed by atoms with E-state index in [0.717, 1.165) is 6.07 Å². The highest BCUT2D eigenvalue weighted by Gasteiger charge is 2.47. The van der Waals surface area contributed by atoms with Crippen LogP contribution in [-0.4, -0.2) is 54.9 Å². The number of hydrogen-bond acceptors (Lipinski definition) is 6. The molecule has 1 N–H and O–H groups in total. The smallest absolute Gasteiger partial charge is 0.320 e. The summed E-state index contributed by atoms with van der Waals surface area (Å²) < 4.78 is 25.5. The number of likely N-dealkylation sites (N-methyl/N-ethyl adjacent to an activating group) is 1. The predicted molar refractivity (Wildman–Crippen MR) is 121 cm³/mol. The van der Waals surface area contributed by atoms with E-state index in [1.54, 1.807) is 51.0 Å². The summed E-state index contributed by atoms with van der Waals surface area (Å²) in [5, 5.41) is 2.67. The van der Waals surface area contributed by atoms with Crippen molar-refractivity contribution >= 4 is 29.3 Å². The summed E-state index contributed by atoms with van der Waals surface area (Å²) in [6.07, 6.45) is -0.917. The fourth-order valence-corrected chi connectivity index (χ4v) is 3.85. The van der Waals surface area contributed by atoms with Gasteiger partial charge in [0.15, 0.2) is 11.9 Å². The Balaban J connectivity index is 2.05. The zero-order valence-electron chi connectivity index (χ0n) is 19.1. The van der Waals surface area contributed by atoms with Gasteiger partial charge in [-0.2, -0.15) is 0 Å². The number of benzene rings is 2. The molecule has 9 heteroatoms. The van der Waals surface area contributed by atoms with E-state index in [9.17, 15) is 18.8 Å². The van der Waals surface area contributed by atoms with Gasteiger partial charge in [-0.05, 0) is 71.3 Å². The van der Waals surface area contributed by atoms with E-state index in [1.165, 1.54) is 19.1 Å². The number of nitrogens with zero attached hydrogens (tertiary/aromatic N) is 1. The number of fused-ring (bicyclic) bond motifs is 1. The van der Waals surface area contributed by atoms with E-state index < -0.39 is 35.4 Å². The summed E-state index contributed by atoms with van der Waals surface area (Å²) in [6.45, 7) is 4.95. The van der Waals surface area contributed by atoms with Crippen LogP contribution in [0.3, 0.4) is 0 Å². The molecule has 0 aliphatic carbocycles. The molecule has 0 radical (unpaired) electrons. The first kappa shape index (κ1) is 24.7. The number of Topliss-reactive ketones (excluding diaryl/α,β-unsaturated/α-hetero) is 1. The van der Waals surface area contributed by atoms with E-state index in [1.807, 2.05) is 0 Å². The van der Waals surface area contributed by atoms with Crippen LogP contribution in [0.1, 0.15) is 53.1 Å². The molecule has 7 nitrogen and oxygen atoms in total. The molecule has 0 unspecified atom stereocenters. The van der Waals surface area contributed by atoms with E-state index in [2.05, 4.69) is 5.32 Å². The second kappa shape index (κ2) is 9.49. The molecule has 3 rings (SSSR count). The lowest BCUT2D eigenvalue weighted by atomic mass is 9.85. The summed E-state index contributed by atoms with van der Waals surface area (Å²) in [5.41, 5.74) is 0.0320. The van der Waals surface area contributed by atoms with Crippen molar-refractivity contribution in [1.82, 2.24) is 10.2 Å². The van der Waals surface area contributed by atoms with Crippen LogP contribution in [0, 0.1) is 5.82 Å². The van der Waals surface area contributed by atoms with Gasteiger partial charge in [0.1, 0.15) is 17.2 Å². The molecule has 1 aliphatic heterocycles. The average molecular weight is 477 g/mol. The van der Waals surface area contributed by atoms with Crippen molar-refractivity contribution in [1.29, 1.82) is 0 Å². The zero-order valence-corrected chi connectivity index (χ0v) is 19.8. The zero-order chi connectivity index (χ0) is 24.5. The highest BCUT2D eigenvalue weighted by atomic mass is 35.5. The predicted octanol–water partition coefficient (Wildman–Crippen LogP) is 3.80. The molecule has 0 saturated carbocycles. The quantitative estimate of drug-likeness (QED) is 0.504. The van der Waals surface area contributed by atoms with E-state index >= 15 is 0 Å². The molecule has 0 aromatic heterocycles. The summed E-state index contributed by atoms with van der Waals surface area (Å²) in [6, 6.07) is 7.68. The number of carbonyl (C=O) groups is 3. The molecular formula is C24H26ClFN2O5. The minimum atomic E-state index is -1.01. The van der Waals surface area contributed by atoms with Crippen molar-refractivity contribution in [3.05, 3.63) is 63.9 Å². The molecule has 1 heterocycles. The van der Waals surface area contributed by atoms with Crippen LogP contribution < -0.4 is 10.1 Å². The van der Waals surface area contributed by atoms with Crippen molar-refractivity contribution < 1.29 is 28.2 Å². The number of ether oxygens (including phenoxy) is 2. The molecule has 0 bridgehead atoms. The number of nitrogens with one attached hydrogen (secondary N) is 1. The normalized spacial score (nSPS) is 18.8. The lowest BCUT2D eigenvalue weighted by molar-refractivity contribution is -0.166. The Hall–Kier alpha value is -2.97. The first-order valence-corrected chi connectivity index (χ1v) is 10.7. The maximum Gasteiger partial charge on any atom is 0.320 e. The standard InChI is InChI=1S/C24H26ClFN2O5/c1-13(29)14-7-9-19-16(10-14)21(27-23(31)15-6-8-18(26)17(25)11-15)22(24(2,3)33-19)32-20(30)12-28(4)5/h6-11,21-22H,12H2,1-5H3,(H,27,31)/t21-,22-/m0/s1. The fraction of sp³-hybridized carbons (Fsp3) is 0.375. The molecule has 33 heavy (non-hydrogen) atoms. The van der Waals surface area contributed by atoms with Crippen molar-refractivity contribution in [3.63, 3.8) is 0 Å². The van der Waals surface area contributed by atoms with Gasteiger partial charge in [-0.3, -0.25) is 19.3 Å².